The second kappa shape index (κ2) is 8.05. The lowest BCUT2D eigenvalue weighted by molar-refractivity contribution is -0.136. The van der Waals surface area contributed by atoms with E-state index in [-0.39, 0.29) is 28.4 Å². The summed E-state index contributed by atoms with van der Waals surface area (Å²) in [4.78, 5) is 33.1. The van der Waals surface area contributed by atoms with Gasteiger partial charge in [0.05, 0.1) is 21.9 Å². The van der Waals surface area contributed by atoms with Crippen LogP contribution in [0.25, 0.3) is 0 Å². The van der Waals surface area contributed by atoms with E-state index in [1.54, 1.807) is 0 Å². The van der Waals surface area contributed by atoms with E-state index in [4.69, 9.17) is 10.2 Å². The molecule has 0 saturated carbocycles. The number of thiophene rings is 1. The molecule has 0 aliphatic heterocycles. The Bertz CT molecular complexity index is 997. The monoisotopic (exact) mass is 414 g/mol. The van der Waals surface area contributed by atoms with E-state index in [9.17, 15) is 27.9 Å². The Morgan fingerprint density at radius 2 is 1.81 bits per heavy atom. The molecule has 0 spiro atoms. The van der Waals surface area contributed by atoms with Crippen molar-refractivity contribution >= 4 is 44.9 Å². The summed E-state index contributed by atoms with van der Waals surface area (Å²) in [5.74, 6) is -3.67. The summed E-state index contributed by atoms with van der Waals surface area (Å²) in [5.41, 5.74) is -0.491. The zero-order valence-corrected chi connectivity index (χ0v) is 15.1. The molecular weight excluding hydrogens is 400 g/mol. The number of amides is 1. The fraction of sp³-hybridized carbons (Fsp3) is 0.133. The minimum Gasteiger partial charge on any atom is -0.507 e. The predicted molar refractivity (Wildman–Crippen MR) is 94.8 cm³/mol. The van der Waals surface area contributed by atoms with Crippen molar-refractivity contribution < 1.29 is 38.1 Å². The third-order valence-electron chi connectivity index (χ3n) is 3.21. The minimum absolute atomic E-state index is 0.0708. The van der Waals surface area contributed by atoms with Crippen molar-refractivity contribution in [3.63, 3.8) is 0 Å². The first kappa shape index (κ1) is 20.2. The van der Waals surface area contributed by atoms with Gasteiger partial charge in [0.1, 0.15) is 11.3 Å². The van der Waals surface area contributed by atoms with E-state index in [1.807, 2.05) is 0 Å². The standard InChI is InChI=1S/C15H14N2O8S2/c18-11-2-1-9(6-10(11)15(22)23)27(24,25)17-8-5-12(26-7-8)14(21)16-4-3-13(19)20/h1-2,5-7,17-18H,3-4H2,(H,16,21)(H,19,20)(H,22,23). The van der Waals surface area contributed by atoms with E-state index >= 15 is 0 Å². The lowest BCUT2D eigenvalue weighted by Crippen LogP contribution is -2.25. The molecule has 27 heavy (non-hydrogen) atoms. The molecule has 10 nitrogen and oxygen atoms in total. The number of nitrogens with one attached hydrogen (secondary N) is 2. The summed E-state index contributed by atoms with van der Waals surface area (Å²) in [5, 5.41) is 30.7. The van der Waals surface area contributed by atoms with Crippen molar-refractivity contribution in [2.45, 2.75) is 11.3 Å². The number of rotatable bonds is 8. The van der Waals surface area contributed by atoms with E-state index in [0.717, 1.165) is 29.5 Å². The highest BCUT2D eigenvalue weighted by atomic mass is 32.2. The molecule has 0 aliphatic rings. The van der Waals surface area contributed by atoms with Gasteiger partial charge < -0.3 is 20.6 Å². The van der Waals surface area contributed by atoms with Gasteiger partial charge in [-0.25, -0.2) is 13.2 Å². The molecule has 144 valence electrons. The van der Waals surface area contributed by atoms with E-state index in [2.05, 4.69) is 10.0 Å². The van der Waals surface area contributed by atoms with Crippen LogP contribution in [0.3, 0.4) is 0 Å². The number of carbonyl (C=O) groups excluding carboxylic acids is 1. The highest BCUT2D eigenvalue weighted by molar-refractivity contribution is 7.92. The van der Waals surface area contributed by atoms with Crippen molar-refractivity contribution in [1.82, 2.24) is 5.32 Å². The SMILES string of the molecule is O=C(O)CCNC(=O)c1cc(NS(=O)(=O)c2ccc(O)c(C(=O)O)c2)cs1. The topological polar surface area (TPSA) is 170 Å². The Balaban J connectivity index is 2.14. The third kappa shape index (κ3) is 5.18. The maximum Gasteiger partial charge on any atom is 0.339 e. The van der Waals surface area contributed by atoms with Crippen molar-refractivity contribution in [2.75, 3.05) is 11.3 Å². The number of carboxylic acid groups (broad SMARTS) is 2. The highest BCUT2D eigenvalue weighted by Gasteiger charge is 2.20. The van der Waals surface area contributed by atoms with Gasteiger partial charge in [0.25, 0.3) is 15.9 Å². The van der Waals surface area contributed by atoms with Gasteiger partial charge in [-0.2, -0.15) is 0 Å². The summed E-state index contributed by atoms with van der Waals surface area (Å²) in [6.07, 6.45) is -0.247. The number of aromatic hydroxyl groups is 1. The van der Waals surface area contributed by atoms with Crippen molar-refractivity contribution in [3.05, 3.63) is 40.1 Å². The molecule has 1 aromatic heterocycles. The third-order valence-corrected chi connectivity index (χ3v) is 5.52. The Morgan fingerprint density at radius 1 is 1.11 bits per heavy atom. The lowest BCUT2D eigenvalue weighted by atomic mass is 10.2. The number of hydrogen-bond acceptors (Lipinski definition) is 7. The van der Waals surface area contributed by atoms with Crippen LogP contribution in [0.1, 0.15) is 26.5 Å². The van der Waals surface area contributed by atoms with E-state index in [0.29, 0.717) is 0 Å². The number of phenols is 1. The van der Waals surface area contributed by atoms with Crippen LogP contribution in [-0.2, 0) is 14.8 Å². The van der Waals surface area contributed by atoms with Crippen LogP contribution >= 0.6 is 11.3 Å². The summed E-state index contributed by atoms with van der Waals surface area (Å²) in [6.45, 7) is -0.0708. The van der Waals surface area contributed by atoms with E-state index in [1.165, 1.54) is 11.4 Å². The first-order chi connectivity index (χ1) is 12.6. The molecule has 0 aliphatic carbocycles. The van der Waals surface area contributed by atoms with E-state index < -0.39 is 39.2 Å². The normalized spacial score (nSPS) is 11.0. The van der Waals surface area contributed by atoms with Crippen LogP contribution in [0.4, 0.5) is 5.69 Å². The van der Waals surface area contributed by atoms with Crippen LogP contribution in [-0.4, -0.2) is 48.1 Å². The molecule has 1 heterocycles. The van der Waals surface area contributed by atoms with Crippen LogP contribution in [0.2, 0.25) is 0 Å². The zero-order valence-electron chi connectivity index (χ0n) is 13.5. The Kier molecular flexibility index (Phi) is 6.02. The molecule has 1 amide bonds. The molecule has 2 rings (SSSR count). The largest absolute Gasteiger partial charge is 0.507 e. The van der Waals surface area contributed by atoms with Gasteiger partial charge in [-0.15, -0.1) is 11.3 Å². The zero-order chi connectivity index (χ0) is 20.2. The van der Waals surface area contributed by atoms with Gasteiger partial charge in [0.2, 0.25) is 0 Å². The van der Waals surface area contributed by atoms with Gasteiger partial charge >= 0.3 is 11.9 Å². The van der Waals surface area contributed by atoms with Crippen LogP contribution < -0.4 is 10.0 Å². The van der Waals surface area contributed by atoms with Gasteiger partial charge in [-0.1, -0.05) is 0 Å². The Hall–Kier alpha value is -3.12. The lowest BCUT2D eigenvalue weighted by Gasteiger charge is -2.08. The molecule has 0 unspecified atom stereocenters. The smallest absolute Gasteiger partial charge is 0.339 e. The number of anilines is 1. The maximum atomic E-state index is 12.4. The number of carboxylic acids is 2. The average molecular weight is 414 g/mol. The molecule has 12 heteroatoms. The van der Waals surface area contributed by atoms with Crippen LogP contribution in [0.5, 0.6) is 5.75 Å². The second-order valence-corrected chi connectivity index (χ2v) is 7.78. The highest BCUT2D eigenvalue weighted by Crippen LogP contribution is 2.25. The fourth-order valence-corrected chi connectivity index (χ4v) is 3.84. The number of sulfonamides is 1. The molecular formula is C15H14N2O8S2. The number of aliphatic carboxylic acids is 1. The van der Waals surface area contributed by atoms with Crippen molar-refractivity contribution in [2.24, 2.45) is 0 Å². The molecule has 1 aromatic carbocycles. The number of benzene rings is 1. The number of hydrogen-bond donors (Lipinski definition) is 5. The molecule has 0 radical (unpaired) electrons. The molecule has 0 saturated heterocycles. The number of carbonyl (C=O) groups is 3. The van der Waals surface area contributed by atoms with Gasteiger partial charge in [0, 0.05) is 11.9 Å². The van der Waals surface area contributed by atoms with Crippen molar-refractivity contribution in [3.8, 4) is 5.75 Å². The summed E-state index contributed by atoms with van der Waals surface area (Å²) in [7, 11) is -4.15. The quantitative estimate of drug-likeness (QED) is 0.428. The molecule has 0 bridgehead atoms. The van der Waals surface area contributed by atoms with Crippen LogP contribution in [0, 0.1) is 0 Å². The summed E-state index contributed by atoms with van der Waals surface area (Å²) < 4.78 is 26.9. The second-order valence-electron chi connectivity index (χ2n) is 5.19. The predicted octanol–water partition coefficient (Wildman–Crippen LogP) is 1.16. The molecule has 2 aromatic rings. The van der Waals surface area contributed by atoms with Gasteiger partial charge in [-0.05, 0) is 24.3 Å². The van der Waals surface area contributed by atoms with Crippen LogP contribution in [0.15, 0.2) is 34.5 Å². The number of aromatic carboxylic acids is 1. The molecule has 5 N–H and O–H groups in total. The average Bonchev–Trinajstić information content (AvgIpc) is 3.02. The fourth-order valence-electron chi connectivity index (χ4n) is 1.95. The molecule has 0 fully saturated rings. The van der Waals surface area contributed by atoms with Gasteiger partial charge in [-0.3, -0.25) is 14.3 Å². The first-order valence-electron chi connectivity index (χ1n) is 7.28. The Labute approximate surface area is 157 Å². The van der Waals surface area contributed by atoms with Gasteiger partial charge in [0.15, 0.2) is 0 Å². The molecule has 0 atom stereocenters. The summed E-state index contributed by atoms with van der Waals surface area (Å²) >= 11 is 0.942. The Morgan fingerprint density at radius 3 is 2.44 bits per heavy atom. The minimum atomic E-state index is -4.15. The summed E-state index contributed by atoms with van der Waals surface area (Å²) in [6, 6.07) is 4.06. The maximum absolute atomic E-state index is 12.4. The van der Waals surface area contributed by atoms with Crippen molar-refractivity contribution in [1.29, 1.82) is 0 Å². The first-order valence-corrected chi connectivity index (χ1v) is 9.64.